The molecule has 1 amide bonds. The molecule has 1 aliphatic heterocycles. The molecule has 0 spiro atoms. The molecule has 5 nitrogen and oxygen atoms in total. The van der Waals surface area contributed by atoms with E-state index in [1.165, 1.54) is 6.92 Å². The van der Waals surface area contributed by atoms with Gasteiger partial charge in [0.15, 0.2) is 0 Å². The molecule has 2 aromatic carbocycles. The lowest BCUT2D eigenvalue weighted by Crippen LogP contribution is -2.33. The van der Waals surface area contributed by atoms with Crippen LogP contribution in [0.25, 0.3) is 0 Å². The number of halogens is 1. The van der Waals surface area contributed by atoms with Gasteiger partial charge >= 0.3 is 0 Å². The number of anilines is 2. The summed E-state index contributed by atoms with van der Waals surface area (Å²) in [6.45, 7) is 5.72. The minimum atomic E-state index is -3.73. The number of hydrogen-bond acceptors (Lipinski definition) is 3. The van der Waals surface area contributed by atoms with Gasteiger partial charge in [0.1, 0.15) is 0 Å². The standard InChI is InChI=1S/C19H21ClN2O3S/c1-12-10-19(13(2)9-17(12)20)26(24,25)21-16-6-7-18-15(11-16)5-4-8-22(18)14(3)23/h6-7,9-11,21H,4-5,8H2,1-3H3. The molecule has 1 heterocycles. The van der Waals surface area contributed by atoms with E-state index in [9.17, 15) is 13.2 Å². The molecular weight excluding hydrogens is 372 g/mol. The van der Waals surface area contributed by atoms with Crippen LogP contribution in [0.1, 0.15) is 30.0 Å². The van der Waals surface area contributed by atoms with Crippen LogP contribution in [0.4, 0.5) is 11.4 Å². The molecule has 0 atom stereocenters. The fourth-order valence-corrected chi connectivity index (χ4v) is 4.82. The SMILES string of the molecule is CC(=O)N1CCCc2cc(NS(=O)(=O)c3cc(C)c(Cl)cc3C)ccc21. The predicted octanol–water partition coefficient (Wildman–Crippen LogP) is 4.06. The Labute approximate surface area is 159 Å². The van der Waals surface area contributed by atoms with E-state index < -0.39 is 10.0 Å². The predicted molar refractivity (Wildman–Crippen MR) is 105 cm³/mol. The van der Waals surface area contributed by atoms with Crippen molar-refractivity contribution in [3.63, 3.8) is 0 Å². The monoisotopic (exact) mass is 392 g/mol. The van der Waals surface area contributed by atoms with Gasteiger partial charge in [0.05, 0.1) is 4.90 Å². The van der Waals surface area contributed by atoms with Crippen molar-refractivity contribution in [2.75, 3.05) is 16.2 Å². The number of benzene rings is 2. The van der Waals surface area contributed by atoms with Crippen LogP contribution in [-0.2, 0) is 21.2 Å². The average molecular weight is 393 g/mol. The second-order valence-corrected chi connectivity index (χ2v) is 8.65. The summed E-state index contributed by atoms with van der Waals surface area (Å²) in [6, 6.07) is 8.53. The number of aryl methyl sites for hydroxylation is 3. The first-order valence-corrected chi connectivity index (χ1v) is 10.3. The zero-order valence-electron chi connectivity index (χ0n) is 15.0. The molecule has 0 saturated carbocycles. The summed E-state index contributed by atoms with van der Waals surface area (Å²) in [7, 11) is -3.73. The van der Waals surface area contributed by atoms with E-state index in [-0.39, 0.29) is 10.8 Å². The van der Waals surface area contributed by atoms with E-state index in [4.69, 9.17) is 11.6 Å². The Hall–Kier alpha value is -2.05. The summed E-state index contributed by atoms with van der Waals surface area (Å²) < 4.78 is 28.3. The number of carbonyl (C=O) groups is 1. The van der Waals surface area contributed by atoms with E-state index in [1.54, 1.807) is 49.1 Å². The highest BCUT2D eigenvalue weighted by Crippen LogP contribution is 2.31. The summed E-state index contributed by atoms with van der Waals surface area (Å²) in [6.07, 6.45) is 1.67. The van der Waals surface area contributed by atoms with Gasteiger partial charge < -0.3 is 4.90 Å². The average Bonchev–Trinajstić information content (AvgIpc) is 2.56. The Kier molecular flexibility index (Phi) is 4.99. The molecule has 0 saturated heterocycles. The Morgan fingerprint density at radius 1 is 1.15 bits per heavy atom. The van der Waals surface area contributed by atoms with Crippen LogP contribution in [-0.4, -0.2) is 20.9 Å². The maximum atomic E-state index is 12.8. The second-order valence-electron chi connectivity index (χ2n) is 6.59. The van der Waals surface area contributed by atoms with Gasteiger partial charge in [-0.15, -0.1) is 0 Å². The minimum Gasteiger partial charge on any atom is -0.312 e. The lowest BCUT2D eigenvalue weighted by Gasteiger charge is -2.29. The van der Waals surface area contributed by atoms with Crippen LogP contribution < -0.4 is 9.62 Å². The number of rotatable bonds is 3. The molecule has 2 aromatic rings. The van der Waals surface area contributed by atoms with Gasteiger partial charge in [0.25, 0.3) is 10.0 Å². The number of amides is 1. The van der Waals surface area contributed by atoms with Crippen molar-refractivity contribution < 1.29 is 13.2 Å². The molecule has 0 aromatic heterocycles. The van der Waals surface area contributed by atoms with E-state index in [0.717, 1.165) is 24.1 Å². The van der Waals surface area contributed by atoms with Crippen LogP contribution >= 0.6 is 11.6 Å². The normalized spacial score (nSPS) is 14.1. The third-order valence-corrected chi connectivity index (χ3v) is 6.51. The van der Waals surface area contributed by atoms with Gasteiger partial charge in [-0.2, -0.15) is 0 Å². The topological polar surface area (TPSA) is 66.5 Å². The summed E-state index contributed by atoms with van der Waals surface area (Å²) in [5.41, 5.74) is 3.61. The van der Waals surface area contributed by atoms with Crippen molar-refractivity contribution in [1.82, 2.24) is 0 Å². The summed E-state index contributed by atoms with van der Waals surface area (Å²) in [4.78, 5) is 13.7. The third kappa shape index (κ3) is 3.57. The maximum absolute atomic E-state index is 12.8. The summed E-state index contributed by atoms with van der Waals surface area (Å²) in [5, 5.41) is 0.541. The first kappa shape index (κ1) is 18.7. The van der Waals surface area contributed by atoms with Crippen molar-refractivity contribution in [2.24, 2.45) is 0 Å². The molecular formula is C19H21ClN2O3S. The Bertz CT molecular complexity index is 987. The Morgan fingerprint density at radius 3 is 2.58 bits per heavy atom. The molecule has 0 fully saturated rings. The van der Waals surface area contributed by atoms with Gasteiger partial charge in [0, 0.05) is 29.9 Å². The number of carbonyl (C=O) groups excluding carboxylic acids is 1. The molecule has 1 N–H and O–H groups in total. The van der Waals surface area contributed by atoms with E-state index in [2.05, 4.69) is 4.72 Å². The minimum absolute atomic E-state index is 0.00783. The van der Waals surface area contributed by atoms with Gasteiger partial charge in [-0.1, -0.05) is 11.6 Å². The molecule has 26 heavy (non-hydrogen) atoms. The van der Waals surface area contributed by atoms with Gasteiger partial charge in [0.2, 0.25) is 5.91 Å². The fraction of sp³-hybridized carbons (Fsp3) is 0.316. The lowest BCUT2D eigenvalue weighted by molar-refractivity contribution is -0.116. The second kappa shape index (κ2) is 6.93. The maximum Gasteiger partial charge on any atom is 0.262 e. The van der Waals surface area contributed by atoms with Gasteiger partial charge in [-0.05, 0) is 73.7 Å². The van der Waals surface area contributed by atoms with Crippen LogP contribution in [0, 0.1) is 13.8 Å². The quantitative estimate of drug-likeness (QED) is 0.856. The highest BCUT2D eigenvalue weighted by Gasteiger charge is 2.22. The van der Waals surface area contributed by atoms with Gasteiger partial charge in [-0.25, -0.2) is 8.42 Å². The Balaban J connectivity index is 1.94. The first-order valence-electron chi connectivity index (χ1n) is 8.39. The van der Waals surface area contributed by atoms with Crippen molar-refractivity contribution >= 4 is 38.9 Å². The van der Waals surface area contributed by atoms with Gasteiger partial charge in [-0.3, -0.25) is 9.52 Å². The number of sulfonamides is 1. The number of nitrogens with one attached hydrogen (secondary N) is 1. The van der Waals surface area contributed by atoms with E-state index >= 15 is 0 Å². The first-order chi connectivity index (χ1) is 12.2. The van der Waals surface area contributed by atoms with Crippen LogP contribution in [0.15, 0.2) is 35.2 Å². The van der Waals surface area contributed by atoms with Crippen LogP contribution in [0.2, 0.25) is 5.02 Å². The summed E-state index contributed by atoms with van der Waals surface area (Å²) >= 11 is 6.07. The highest BCUT2D eigenvalue weighted by atomic mass is 35.5. The lowest BCUT2D eigenvalue weighted by atomic mass is 10.0. The molecule has 0 bridgehead atoms. The number of hydrogen-bond donors (Lipinski definition) is 1. The number of nitrogens with zero attached hydrogens (tertiary/aromatic N) is 1. The van der Waals surface area contributed by atoms with E-state index in [0.29, 0.717) is 28.4 Å². The van der Waals surface area contributed by atoms with Crippen LogP contribution in [0.3, 0.4) is 0 Å². The zero-order chi connectivity index (χ0) is 19.1. The molecule has 0 aliphatic carbocycles. The van der Waals surface area contributed by atoms with Crippen molar-refractivity contribution in [2.45, 2.75) is 38.5 Å². The molecule has 1 aliphatic rings. The summed E-state index contributed by atoms with van der Waals surface area (Å²) in [5.74, 6) is -0.00783. The van der Waals surface area contributed by atoms with Crippen LogP contribution in [0.5, 0.6) is 0 Å². The smallest absolute Gasteiger partial charge is 0.262 e. The Morgan fingerprint density at radius 2 is 1.88 bits per heavy atom. The molecule has 138 valence electrons. The van der Waals surface area contributed by atoms with Crippen molar-refractivity contribution in [3.05, 3.63) is 52.0 Å². The molecule has 7 heteroatoms. The fourth-order valence-electron chi connectivity index (χ4n) is 3.24. The van der Waals surface area contributed by atoms with Crippen molar-refractivity contribution in [1.29, 1.82) is 0 Å². The zero-order valence-corrected chi connectivity index (χ0v) is 16.5. The van der Waals surface area contributed by atoms with E-state index in [1.807, 2.05) is 0 Å². The van der Waals surface area contributed by atoms with Crippen molar-refractivity contribution in [3.8, 4) is 0 Å². The molecule has 0 unspecified atom stereocenters. The third-order valence-electron chi connectivity index (χ3n) is 4.58. The number of fused-ring (bicyclic) bond motifs is 1. The highest BCUT2D eigenvalue weighted by molar-refractivity contribution is 7.92. The molecule has 3 rings (SSSR count). The molecule has 0 radical (unpaired) electrons. The largest absolute Gasteiger partial charge is 0.312 e.